The summed E-state index contributed by atoms with van der Waals surface area (Å²) in [5, 5.41) is 26.1. The number of nitrogens with two attached hydrogens (primary N) is 1. The van der Waals surface area contributed by atoms with Crippen LogP contribution >= 0.6 is 0 Å². The van der Waals surface area contributed by atoms with E-state index in [1.807, 2.05) is 0 Å². The molecule has 0 radical (unpaired) electrons. The number of rotatable bonds is 6. The van der Waals surface area contributed by atoms with Crippen LogP contribution in [0.3, 0.4) is 0 Å². The topological polar surface area (TPSA) is 113 Å². The molecule has 19 heavy (non-hydrogen) atoms. The van der Waals surface area contributed by atoms with Gasteiger partial charge in [0.2, 0.25) is 10.0 Å². The first-order valence-corrected chi connectivity index (χ1v) is 7.15. The Balaban J connectivity index is 3.11. The van der Waals surface area contributed by atoms with E-state index in [9.17, 15) is 23.0 Å². The Morgan fingerprint density at radius 1 is 1.37 bits per heavy atom. The maximum absolute atomic E-state index is 13.8. The first kappa shape index (κ1) is 15.8. The molecule has 0 atom stereocenters. The molecule has 108 valence electrons. The molecule has 8 heteroatoms. The summed E-state index contributed by atoms with van der Waals surface area (Å²) in [5.41, 5.74) is -1.08. The predicted octanol–water partition coefficient (Wildman–Crippen LogP) is 0.0184. The van der Waals surface area contributed by atoms with Crippen LogP contribution in [0.15, 0.2) is 23.1 Å². The summed E-state index contributed by atoms with van der Waals surface area (Å²) in [6.45, 7) is 0.933. The first-order valence-electron chi connectivity index (χ1n) is 5.60. The van der Waals surface area contributed by atoms with Crippen molar-refractivity contribution in [1.29, 1.82) is 0 Å². The second-order valence-corrected chi connectivity index (χ2v) is 5.82. The Hall–Kier alpha value is -1.22. The van der Waals surface area contributed by atoms with E-state index in [0.717, 1.165) is 12.1 Å². The Morgan fingerprint density at radius 3 is 2.32 bits per heavy atom. The lowest BCUT2D eigenvalue weighted by Gasteiger charge is -2.31. The molecule has 1 rings (SSSR count). The van der Waals surface area contributed by atoms with Crippen LogP contribution in [0.2, 0.25) is 0 Å². The highest BCUT2D eigenvalue weighted by Gasteiger charge is 2.27. The van der Waals surface area contributed by atoms with Gasteiger partial charge >= 0.3 is 0 Å². The minimum Gasteiger partial charge on any atom is -0.394 e. The van der Waals surface area contributed by atoms with E-state index in [0.29, 0.717) is 6.42 Å². The zero-order valence-corrected chi connectivity index (χ0v) is 11.2. The molecule has 0 aliphatic carbocycles. The van der Waals surface area contributed by atoms with Crippen molar-refractivity contribution in [2.75, 3.05) is 18.5 Å². The van der Waals surface area contributed by atoms with Crippen LogP contribution in [0.4, 0.5) is 10.1 Å². The van der Waals surface area contributed by atoms with Crippen molar-refractivity contribution in [2.45, 2.75) is 23.8 Å². The molecule has 0 aromatic heterocycles. The van der Waals surface area contributed by atoms with Crippen LogP contribution in [0.25, 0.3) is 0 Å². The molecule has 5 N–H and O–H groups in total. The molecule has 0 bridgehead atoms. The quantitative estimate of drug-likeness (QED) is 0.590. The van der Waals surface area contributed by atoms with Gasteiger partial charge in [-0.1, -0.05) is 6.92 Å². The molecule has 6 nitrogen and oxygen atoms in total. The molecular weight excluding hydrogens is 275 g/mol. The average molecular weight is 292 g/mol. The number of nitrogens with one attached hydrogen (secondary N) is 1. The summed E-state index contributed by atoms with van der Waals surface area (Å²) in [4.78, 5) is -0.342. The fraction of sp³-hybridized carbons (Fsp3) is 0.455. The van der Waals surface area contributed by atoms with Gasteiger partial charge in [-0.25, -0.2) is 17.9 Å². The lowest BCUT2D eigenvalue weighted by atomic mass is 9.98. The van der Waals surface area contributed by atoms with Gasteiger partial charge in [-0.2, -0.15) is 0 Å². The normalized spacial score (nSPS) is 12.5. The van der Waals surface area contributed by atoms with Crippen LogP contribution in [0.1, 0.15) is 13.3 Å². The van der Waals surface area contributed by atoms with E-state index >= 15 is 0 Å². The number of aliphatic hydroxyl groups is 2. The number of halogens is 1. The van der Waals surface area contributed by atoms with E-state index in [1.54, 1.807) is 6.92 Å². The van der Waals surface area contributed by atoms with Crippen LogP contribution in [-0.2, 0) is 10.0 Å². The van der Waals surface area contributed by atoms with Crippen molar-refractivity contribution in [3.05, 3.63) is 24.0 Å². The van der Waals surface area contributed by atoms with Crippen molar-refractivity contribution >= 4 is 15.7 Å². The average Bonchev–Trinajstić information content (AvgIpc) is 2.37. The summed E-state index contributed by atoms with van der Waals surface area (Å²) in [6.07, 6.45) is 0.358. The Kier molecular flexibility index (Phi) is 4.86. The smallest absolute Gasteiger partial charge is 0.238 e. The lowest BCUT2D eigenvalue weighted by molar-refractivity contribution is 0.132. The summed E-state index contributed by atoms with van der Waals surface area (Å²) in [5.74, 6) is -0.828. The van der Waals surface area contributed by atoms with Gasteiger partial charge in [-0.3, -0.25) is 0 Å². The molecule has 0 aliphatic heterocycles. The van der Waals surface area contributed by atoms with Crippen LogP contribution in [0, 0.1) is 5.82 Å². The van der Waals surface area contributed by atoms with E-state index in [-0.39, 0.29) is 10.6 Å². The molecule has 0 saturated heterocycles. The van der Waals surface area contributed by atoms with Gasteiger partial charge in [0, 0.05) is 0 Å². The highest BCUT2D eigenvalue weighted by atomic mass is 32.2. The van der Waals surface area contributed by atoms with Gasteiger partial charge in [0.05, 0.1) is 29.3 Å². The Bertz CT molecular complexity index is 535. The SMILES string of the molecule is CCC(CO)(CO)Nc1ccc(S(N)(=O)=O)cc1F. The third-order valence-corrected chi connectivity index (χ3v) is 3.86. The van der Waals surface area contributed by atoms with Crippen molar-refractivity contribution in [3.8, 4) is 0 Å². The summed E-state index contributed by atoms with van der Waals surface area (Å²) in [7, 11) is -3.97. The minimum atomic E-state index is -3.97. The molecule has 1 aromatic carbocycles. The van der Waals surface area contributed by atoms with Crippen LogP contribution in [-0.4, -0.2) is 37.4 Å². The first-order chi connectivity index (χ1) is 8.78. The van der Waals surface area contributed by atoms with Crippen molar-refractivity contribution in [1.82, 2.24) is 0 Å². The van der Waals surface area contributed by atoms with Gasteiger partial charge in [-0.15, -0.1) is 0 Å². The lowest BCUT2D eigenvalue weighted by Crippen LogP contribution is -2.45. The number of primary sulfonamides is 1. The maximum atomic E-state index is 13.8. The molecule has 0 saturated carbocycles. The van der Waals surface area contributed by atoms with Crippen molar-refractivity contribution in [2.24, 2.45) is 5.14 Å². The van der Waals surface area contributed by atoms with Crippen molar-refractivity contribution in [3.63, 3.8) is 0 Å². The van der Waals surface area contributed by atoms with Gasteiger partial charge in [0.25, 0.3) is 0 Å². The monoisotopic (exact) mass is 292 g/mol. The Morgan fingerprint density at radius 2 is 1.95 bits per heavy atom. The molecule has 1 aromatic rings. The predicted molar refractivity (Wildman–Crippen MR) is 68.6 cm³/mol. The second kappa shape index (κ2) is 5.83. The van der Waals surface area contributed by atoms with E-state index in [4.69, 9.17) is 5.14 Å². The number of anilines is 1. The summed E-state index contributed by atoms with van der Waals surface area (Å²) < 4.78 is 35.9. The fourth-order valence-electron chi connectivity index (χ4n) is 1.50. The summed E-state index contributed by atoms with van der Waals surface area (Å²) in [6, 6.07) is 3.13. The van der Waals surface area contributed by atoms with Gasteiger partial charge in [0.15, 0.2) is 0 Å². The number of sulfonamides is 1. The minimum absolute atomic E-state index is 0.0163. The second-order valence-electron chi connectivity index (χ2n) is 4.26. The third kappa shape index (κ3) is 3.63. The molecule has 0 unspecified atom stereocenters. The van der Waals surface area contributed by atoms with Gasteiger partial charge < -0.3 is 15.5 Å². The number of hydrogen-bond donors (Lipinski definition) is 4. The molecule has 0 fully saturated rings. The van der Waals surface area contributed by atoms with Gasteiger partial charge in [0.1, 0.15) is 5.82 Å². The molecule has 0 amide bonds. The van der Waals surface area contributed by atoms with Gasteiger partial charge in [-0.05, 0) is 24.6 Å². The molecule has 0 heterocycles. The molecule has 0 spiro atoms. The van der Waals surface area contributed by atoms with Crippen LogP contribution < -0.4 is 10.5 Å². The molecule has 0 aliphatic rings. The standard InChI is InChI=1S/C11H17FN2O4S/c1-2-11(6-15,7-16)14-10-4-3-8(5-9(10)12)19(13,17)18/h3-5,14-16H,2,6-7H2,1H3,(H2,13,17,18). The Labute approximate surface area is 111 Å². The number of aliphatic hydroxyl groups excluding tert-OH is 2. The number of hydrogen-bond acceptors (Lipinski definition) is 5. The maximum Gasteiger partial charge on any atom is 0.238 e. The highest BCUT2D eigenvalue weighted by Crippen LogP contribution is 2.23. The molecular formula is C11H17FN2O4S. The fourth-order valence-corrected chi connectivity index (χ4v) is 2.03. The largest absolute Gasteiger partial charge is 0.394 e. The van der Waals surface area contributed by atoms with E-state index < -0.39 is 34.6 Å². The zero-order chi connectivity index (χ0) is 14.7. The zero-order valence-electron chi connectivity index (χ0n) is 10.4. The highest BCUT2D eigenvalue weighted by molar-refractivity contribution is 7.89. The number of benzene rings is 1. The summed E-state index contributed by atoms with van der Waals surface area (Å²) >= 11 is 0. The third-order valence-electron chi connectivity index (χ3n) is 2.95. The van der Waals surface area contributed by atoms with E-state index in [1.165, 1.54) is 6.07 Å². The van der Waals surface area contributed by atoms with Crippen LogP contribution in [0.5, 0.6) is 0 Å². The van der Waals surface area contributed by atoms with E-state index in [2.05, 4.69) is 5.32 Å². The van der Waals surface area contributed by atoms with Crippen molar-refractivity contribution < 1.29 is 23.0 Å².